The van der Waals surface area contributed by atoms with Crippen LogP contribution in [-0.4, -0.2) is 23.3 Å². The van der Waals surface area contributed by atoms with Gasteiger partial charge in [0.2, 0.25) is 0 Å². The normalized spacial score (nSPS) is 35.5. The van der Waals surface area contributed by atoms with Gasteiger partial charge in [0.1, 0.15) is 0 Å². The molecule has 0 aromatic heterocycles. The Morgan fingerprint density at radius 2 is 2.15 bits per heavy atom. The molecule has 2 atom stereocenters. The van der Waals surface area contributed by atoms with E-state index in [1.54, 1.807) is 0 Å². The molecule has 1 aliphatic heterocycles. The summed E-state index contributed by atoms with van der Waals surface area (Å²) in [5.41, 5.74) is 0. The predicted octanol–water partition coefficient (Wildman–Crippen LogP) is 2.64. The number of hydrogen-bond acceptors (Lipinski definition) is 1. The summed E-state index contributed by atoms with van der Waals surface area (Å²) in [5, 5.41) is 7.90. The summed E-state index contributed by atoms with van der Waals surface area (Å²) in [5.74, 6) is 1.80. The molecule has 2 rings (SSSR count). The fraction of sp³-hybridized carbons (Fsp3) is 0.909. The lowest BCUT2D eigenvalue weighted by Crippen LogP contribution is -2.41. The number of likely N-dealkylation sites (tertiary alicyclic amines) is 1. The van der Waals surface area contributed by atoms with Crippen molar-refractivity contribution in [3.63, 3.8) is 0 Å². The topological polar surface area (TPSA) is 27.1 Å². The molecule has 2 nitrogen and oxygen atoms in total. The summed E-state index contributed by atoms with van der Waals surface area (Å²) in [4.78, 5) is 2.37. The Labute approximate surface area is 80.8 Å². The molecule has 1 saturated carbocycles. The highest BCUT2D eigenvalue weighted by Gasteiger charge is 2.29. The van der Waals surface area contributed by atoms with Crippen LogP contribution in [-0.2, 0) is 0 Å². The largest absolute Gasteiger partial charge is 0.358 e. The Bertz CT molecular complexity index is 200. The number of amidine groups is 1. The number of nitrogens with zero attached hydrogens (tertiary/aromatic N) is 1. The molecule has 2 aliphatic rings. The third kappa shape index (κ3) is 1.87. The van der Waals surface area contributed by atoms with E-state index in [1.165, 1.54) is 32.1 Å². The second kappa shape index (κ2) is 3.69. The van der Waals surface area contributed by atoms with Crippen LogP contribution in [0.25, 0.3) is 0 Å². The molecular formula is C11H20N2. The molecule has 0 bridgehead atoms. The average Bonchev–Trinajstić information content (AvgIpc) is 2.53. The van der Waals surface area contributed by atoms with E-state index < -0.39 is 0 Å². The third-order valence-electron chi connectivity index (χ3n) is 3.52. The molecule has 1 heterocycles. The van der Waals surface area contributed by atoms with Crippen LogP contribution in [0.3, 0.4) is 0 Å². The van der Waals surface area contributed by atoms with Gasteiger partial charge in [0, 0.05) is 19.0 Å². The summed E-state index contributed by atoms with van der Waals surface area (Å²) in [6, 6.07) is 0.711. The Kier molecular flexibility index (Phi) is 2.56. The van der Waals surface area contributed by atoms with Gasteiger partial charge in [0.15, 0.2) is 0 Å². The highest BCUT2D eigenvalue weighted by molar-refractivity contribution is 5.80. The smallest absolute Gasteiger partial charge is 0.0960 e. The van der Waals surface area contributed by atoms with Gasteiger partial charge in [-0.15, -0.1) is 0 Å². The first-order valence-electron chi connectivity index (χ1n) is 5.61. The first-order chi connectivity index (χ1) is 6.27. The lowest BCUT2D eigenvalue weighted by molar-refractivity contribution is 0.277. The number of nitrogens with one attached hydrogen (secondary N) is 1. The van der Waals surface area contributed by atoms with Crippen molar-refractivity contribution in [2.45, 2.75) is 51.5 Å². The minimum Gasteiger partial charge on any atom is -0.358 e. The minimum absolute atomic E-state index is 0.711. The van der Waals surface area contributed by atoms with Crippen molar-refractivity contribution in [2.24, 2.45) is 5.92 Å². The maximum Gasteiger partial charge on any atom is 0.0960 e. The second-order valence-corrected chi connectivity index (χ2v) is 4.67. The lowest BCUT2D eigenvalue weighted by Gasteiger charge is -2.34. The predicted molar refractivity (Wildman–Crippen MR) is 55.1 cm³/mol. The molecule has 2 fully saturated rings. The van der Waals surface area contributed by atoms with Crippen LogP contribution in [0.15, 0.2) is 0 Å². The summed E-state index contributed by atoms with van der Waals surface area (Å²) in [6.45, 7) is 3.49. The van der Waals surface area contributed by atoms with Crippen molar-refractivity contribution in [3.8, 4) is 0 Å². The molecule has 13 heavy (non-hydrogen) atoms. The summed E-state index contributed by atoms with van der Waals surface area (Å²) in [7, 11) is 0. The van der Waals surface area contributed by atoms with Crippen LogP contribution >= 0.6 is 0 Å². The maximum atomic E-state index is 7.90. The van der Waals surface area contributed by atoms with Crippen molar-refractivity contribution in [2.75, 3.05) is 6.54 Å². The van der Waals surface area contributed by atoms with E-state index in [2.05, 4.69) is 11.8 Å². The van der Waals surface area contributed by atoms with Crippen LogP contribution in [0.4, 0.5) is 0 Å². The van der Waals surface area contributed by atoms with E-state index in [4.69, 9.17) is 5.41 Å². The monoisotopic (exact) mass is 180 g/mol. The number of piperidine rings is 1. The highest BCUT2D eigenvalue weighted by atomic mass is 15.2. The van der Waals surface area contributed by atoms with Gasteiger partial charge >= 0.3 is 0 Å². The number of hydrogen-bond donors (Lipinski definition) is 1. The van der Waals surface area contributed by atoms with Crippen LogP contribution in [0, 0.1) is 11.3 Å². The molecule has 1 saturated heterocycles. The molecule has 1 N–H and O–H groups in total. The fourth-order valence-corrected chi connectivity index (χ4v) is 2.72. The summed E-state index contributed by atoms with van der Waals surface area (Å²) < 4.78 is 0. The molecule has 2 heteroatoms. The van der Waals surface area contributed by atoms with Crippen LogP contribution in [0.5, 0.6) is 0 Å². The summed E-state index contributed by atoms with van der Waals surface area (Å²) >= 11 is 0. The Balaban J connectivity index is 1.95. The quantitative estimate of drug-likeness (QED) is 0.660. The van der Waals surface area contributed by atoms with Crippen molar-refractivity contribution in [3.05, 3.63) is 0 Å². The third-order valence-corrected chi connectivity index (χ3v) is 3.52. The Hall–Kier alpha value is -0.530. The van der Waals surface area contributed by atoms with Crippen molar-refractivity contribution in [1.82, 2.24) is 4.90 Å². The average molecular weight is 180 g/mol. The molecule has 0 radical (unpaired) electrons. The molecule has 0 aromatic carbocycles. The first kappa shape index (κ1) is 9.04. The van der Waals surface area contributed by atoms with Gasteiger partial charge in [0.05, 0.1) is 5.84 Å². The molecular weight excluding hydrogens is 160 g/mol. The van der Waals surface area contributed by atoms with Gasteiger partial charge in [-0.3, -0.25) is 5.41 Å². The van der Waals surface area contributed by atoms with Crippen molar-refractivity contribution in [1.29, 1.82) is 5.41 Å². The number of rotatable bonds is 1. The lowest BCUT2D eigenvalue weighted by atomic mass is 10.1. The zero-order valence-corrected chi connectivity index (χ0v) is 8.55. The zero-order chi connectivity index (χ0) is 9.26. The standard InChI is InChI=1S/C11H20N2/c1-9-5-6-10(8-9)13-7-3-2-4-11(13)12/h9-10,12H,2-8H2,1H3. The zero-order valence-electron chi connectivity index (χ0n) is 8.55. The maximum absolute atomic E-state index is 7.90. The van der Waals surface area contributed by atoms with E-state index in [-0.39, 0.29) is 0 Å². The molecule has 0 aromatic rings. The van der Waals surface area contributed by atoms with Crippen LogP contribution in [0.1, 0.15) is 45.4 Å². The van der Waals surface area contributed by atoms with E-state index in [0.29, 0.717) is 6.04 Å². The van der Waals surface area contributed by atoms with Gasteiger partial charge < -0.3 is 4.90 Å². The fourth-order valence-electron chi connectivity index (χ4n) is 2.72. The summed E-state index contributed by atoms with van der Waals surface area (Å²) in [6.07, 6.45) is 7.57. The van der Waals surface area contributed by atoms with Gasteiger partial charge in [-0.2, -0.15) is 0 Å². The highest BCUT2D eigenvalue weighted by Crippen LogP contribution is 2.30. The van der Waals surface area contributed by atoms with Crippen molar-refractivity contribution >= 4 is 5.84 Å². The van der Waals surface area contributed by atoms with Gasteiger partial charge in [-0.05, 0) is 38.0 Å². The second-order valence-electron chi connectivity index (χ2n) is 4.67. The molecule has 1 aliphatic carbocycles. The minimum atomic E-state index is 0.711. The molecule has 0 spiro atoms. The van der Waals surface area contributed by atoms with Gasteiger partial charge in [-0.25, -0.2) is 0 Å². The van der Waals surface area contributed by atoms with Crippen molar-refractivity contribution < 1.29 is 0 Å². The SMILES string of the molecule is CC1CCC(N2CCCCC2=N)C1. The van der Waals surface area contributed by atoms with Gasteiger partial charge in [-0.1, -0.05) is 6.92 Å². The van der Waals surface area contributed by atoms with Gasteiger partial charge in [0.25, 0.3) is 0 Å². The van der Waals surface area contributed by atoms with E-state index in [9.17, 15) is 0 Å². The van der Waals surface area contributed by atoms with E-state index in [0.717, 1.165) is 24.7 Å². The first-order valence-corrected chi connectivity index (χ1v) is 5.61. The Morgan fingerprint density at radius 3 is 2.77 bits per heavy atom. The molecule has 74 valence electrons. The van der Waals surface area contributed by atoms with Crippen LogP contribution < -0.4 is 0 Å². The Morgan fingerprint density at radius 1 is 1.31 bits per heavy atom. The molecule has 2 unspecified atom stereocenters. The molecule has 0 amide bonds. The van der Waals surface area contributed by atoms with E-state index in [1.807, 2.05) is 0 Å². The van der Waals surface area contributed by atoms with Crippen LogP contribution in [0.2, 0.25) is 0 Å². The van der Waals surface area contributed by atoms with E-state index >= 15 is 0 Å².